The van der Waals surface area contributed by atoms with Crippen LogP contribution in [0.2, 0.25) is 0 Å². The molecule has 3 rings (SSSR count). The molecule has 132 valence electrons. The molecule has 0 aliphatic rings. The van der Waals surface area contributed by atoms with Crippen LogP contribution in [0.3, 0.4) is 0 Å². The fourth-order valence-corrected chi connectivity index (χ4v) is 3.47. The fraction of sp³-hybridized carbons (Fsp3) is 0.174. The lowest BCUT2D eigenvalue weighted by atomic mass is 9.88. The summed E-state index contributed by atoms with van der Waals surface area (Å²) in [6.45, 7) is 4.30. The quantitative estimate of drug-likeness (QED) is 0.442. The molecule has 3 heteroatoms. The van der Waals surface area contributed by atoms with Gasteiger partial charge in [-0.1, -0.05) is 74.5 Å². The van der Waals surface area contributed by atoms with Crippen molar-refractivity contribution in [1.82, 2.24) is 0 Å². The van der Waals surface area contributed by atoms with E-state index in [4.69, 9.17) is 9.84 Å². The second kappa shape index (κ2) is 7.87. The molecule has 0 aromatic heterocycles. The molecule has 0 unspecified atom stereocenters. The van der Waals surface area contributed by atoms with Crippen LogP contribution in [0.25, 0.3) is 22.3 Å². The number of benzene rings is 3. The minimum Gasteiger partial charge on any atom is -0.449 e. The zero-order valence-corrected chi connectivity index (χ0v) is 15.0. The maximum atomic E-state index is 11.2. The Balaban J connectivity index is 2.31. The van der Waals surface area contributed by atoms with Crippen LogP contribution in [0.4, 0.5) is 4.79 Å². The first kappa shape index (κ1) is 17.7. The highest BCUT2D eigenvalue weighted by molar-refractivity contribution is 5.90. The predicted octanol–water partition coefficient (Wildman–Crippen LogP) is 6.20. The maximum Gasteiger partial charge on any atom is 0.511 e. The summed E-state index contributed by atoms with van der Waals surface area (Å²) in [7, 11) is 0. The van der Waals surface area contributed by atoms with Crippen molar-refractivity contribution in [2.75, 3.05) is 0 Å². The smallest absolute Gasteiger partial charge is 0.449 e. The van der Waals surface area contributed by atoms with Gasteiger partial charge in [-0.25, -0.2) is 4.79 Å². The van der Waals surface area contributed by atoms with Crippen LogP contribution in [0.1, 0.15) is 25.0 Å². The Morgan fingerprint density at radius 1 is 0.846 bits per heavy atom. The number of aryl methyl sites for hydroxylation is 1. The Morgan fingerprint density at radius 3 is 2.19 bits per heavy atom. The molecule has 0 spiro atoms. The lowest BCUT2D eigenvalue weighted by Crippen LogP contribution is -2.05. The summed E-state index contributed by atoms with van der Waals surface area (Å²) in [5.74, 6) is 0.352. The summed E-state index contributed by atoms with van der Waals surface area (Å²) >= 11 is 0. The summed E-state index contributed by atoms with van der Waals surface area (Å²) in [4.78, 5) is 11.2. The normalized spacial score (nSPS) is 10.5. The van der Waals surface area contributed by atoms with Crippen LogP contribution in [0, 0.1) is 0 Å². The van der Waals surface area contributed by atoms with Crippen molar-refractivity contribution in [3.8, 4) is 28.0 Å². The third-order valence-corrected chi connectivity index (χ3v) is 4.58. The second-order valence-corrected chi connectivity index (χ2v) is 6.06. The van der Waals surface area contributed by atoms with Crippen LogP contribution < -0.4 is 4.74 Å². The van der Waals surface area contributed by atoms with E-state index in [0.717, 1.165) is 35.1 Å². The van der Waals surface area contributed by atoms with Crippen LogP contribution >= 0.6 is 0 Å². The van der Waals surface area contributed by atoms with Crippen molar-refractivity contribution >= 4 is 6.16 Å². The van der Waals surface area contributed by atoms with E-state index in [9.17, 15) is 4.79 Å². The molecule has 3 nitrogen and oxygen atoms in total. The van der Waals surface area contributed by atoms with E-state index >= 15 is 0 Å². The van der Waals surface area contributed by atoms with Crippen molar-refractivity contribution < 1.29 is 14.6 Å². The number of hydrogen-bond donors (Lipinski definition) is 1. The van der Waals surface area contributed by atoms with Crippen molar-refractivity contribution in [3.63, 3.8) is 0 Å². The molecule has 26 heavy (non-hydrogen) atoms. The Kier molecular flexibility index (Phi) is 5.37. The standard InChI is InChI=1S/C23H22O3/c1-3-16-12-8-13-19(18(16)4-2)20-14-9-15-21(26-23(24)25)22(20)17-10-6-5-7-11-17/h5-15H,3-4H2,1-2H3,(H,24,25). The number of hydrogen-bond acceptors (Lipinski definition) is 2. The summed E-state index contributed by atoms with van der Waals surface area (Å²) in [5.41, 5.74) is 6.46. The third kappa shape index (κ3) is 3.47. The summed E-state index contributed by atoms with van der Waals surface area (Å²) in [6.07, 6.45) is 0.568. The molecule has 0 saturated carbocycles. The molecule has 3 aromatic rings. The Bertz CT molecular complexity index is 914. The molecule has 0 heterocycles. The fourth-order valence-electron chi connectivity index (χ4n) is 3.47. The first-order valence-electron chi connectivity index (χ1n) is 8.86. The highest BCUT2D eigenvalue weighted by atomic mass is 16.7. The molecule has 0 aliphatic carbocycles. The SMILES string of the molecule is CCc1cccc(-c2cccc(OC(=O)O)c2-c2ccccc2)c1CC. The van der Waals surface area contributed by atoms with Crippen LogP contribution in [0.5, 0.6) is 5.75 Å². The minimum atomic E-state index is -1.31. The van der Waals surface area contributed by atoms with Crippen molar-refractivity contribution in [2.45, 2.75) is 26.7 Å². The van der Waals surface area contributed by atoms with Crippen LogP contribution in [-0.4, -0.2) is 11.3 Å². The lowest BCUT2D eigenvalue weighted by molar-refractivity contribution is 0.144. The number of ether oxygens (including phenoxy) is 1. The molecule has 0 radical (unpaired) electrons. The number of carboxylic acid groups (broad SMARTS) is 1. The Labute approximate surface area is 153 Å². The van der Waals surface area contributed by atoms with E-state index in [0.29, 0.717) is 5.75 Å². The largest absolute Gasteiger partial charge is 0.511 e. The molecule has 0 amide bonds. The number of carbonyl (C=O) groups is 1. The summed E-state index contributed by atoms with van der Waals surface area (Å²) in [5, 5.41) is 9.16. The van der Waals surface area contributed by atoms with Gasteiger partial charge in [0.05, 0.1) is 0 Å². The van der Waals surface area contributed by atoms with E-state index in [2.05, 4.69) is 32.0 Å². The summed E-state index contributed by atoms with van der Waals surface area (Å²) in [6, 6.07) is 21.7. The van der Waals surface area contributed by atoms with Gasteiger partial charge in [-0.05, 0) is 46.7 Å². The van der Waals surface area contributed by atoms with Crippen molar-refractivity contribution in [2.24, 2.45) is 0 Å². The van der Waals surface area contributed by atoms with Gasteiger partial charge in [0.15, 0.2) is 0 Å². The van der Waals surface area contributed by atoms with E-state index in [1.54, 1.807) is 6.07 Å². The average molecular weight is 346 g/mol. The molecule has 0 bridgehead atoms. The number of rotatable bonds is 5. The molecule has 0 saturated heterocycles. The maximum absolute atomic E-state index is 11.2. The second-order valence-electron chi connectivity index (χ2n) is 6.06. The Hall–Kier alpha value is -3.07. The van der Waals surface area contributed by atoms with Crippen molar-refractivity contribution in [3.05, 3.63) is 77.9 Å². The highest BCUT2D eigenvalue weighted by Gasteiger charge is 2.18. The minimum absolute atomic E-state index is 0.352. The van der Waals surface area contributed by atoms with Crippen LogP contribution in [-0.2, 0) is 12.8 Å². The van der Waals surface area contributed by atoms with Crippen LogP contribution in [0.15, 0.2) is 66.7 Å². The zero-order valence-electron chi connectivity index (χ0n) is 15.0. The van der Waals surface area contributed by atoms with Gasteiger partial charge in [-0.15, -0.1) is 0 Å². The predicted molar refractivity (Wildman–Crippen MR) is 105 cm³/mol. The molecule has 0 aliphatic heterocycles. The monoisotopic (exact) mass is 346 g/mol. The zero-order chi connectivity index (χ0) is 18.5. The molecular weight excluding hydrogens is 324 g/mol. The van der Waals surface area contributed by atoms with Gasteiger partial charge in [0.2, 0.25) is 0 Å². The molecule has 0 atom stereocenters. The van der Waals surface area contributed by atoms with E-state index in [1.807, 2.05) is 42.5 Å². The van der Waals surface area contributed by atoms with Gasteiger partial charge in [0, 0.05) is 5.56 Å². The highest BCUT2D eigenvalue weighted by Crippen LogP contribution is 2.41. The van der Waals surface area contributed by atoms with Gasteiger partial charge in [0.1, 0.15) is 5.75 Å². The lowest BCUT2D eigenvalue weighted by Gasteiger charge is -2.18. The summed E-state index contributed by atoms with van der Waals surface area (Å²) < 4.78 is 5.11. The Morgan fingerprint density at radius 2 is 1.54 bits per heavy atom. The van der Waals surface area contributed by atoms with Gasteiger partial charge >= 0.3 is 6.16 Å². The van der Waals surface area contributed by atoms with Gasteiger partial charge in [0.25, 0.3) is 0 Å². The topological polar surface area (TPSA) is 46.5 Å². The van der Waals surface area contributed by atoms with Gasteiger partial charge in [-0.3, -0.25) is 0 Å². The first-order chi connectivity index (χ1) is 12.7. The van der Waals surface area contributed by atoms with E-state index < -0.39 is 6.16 Å². The average Bonchev–Trinajstić information content (AvgIpc) is 2.67. The van der Waals surface area contributed by atoms with E-state index in [-0.39, 0.29) is 0 Å². The first-order valence-corrected chi connectivity index (χ1v) is 8.86. The van der Waals surface area contributed by atoms with Gasteiger partial charge in [-0.2, -0.15) is 0 Å². The van der Waals surface area contributed by atoms with Gasteiger partial charge < -0.3 is 9.84 Å². The molecule has 3 aromatic carbocycles. The van der Waals surface area contributed by atoms with E-state index in [1.165, 1.54) is 11.1 Å². The molecule has 0 fully saturated rings. The third-order valence-electron chi connectivity index (χ3n) is 4.58. The van der Waals surface area contributed by atoms with Crippen molar-refractivity contribution in [1.29, 1.82) is 0 Å². The molecule has 1 N–H and O–H groups in total. The molecular formula is C23H22O3.